The molecule has 4 saturated carbocycles. The highest BCUT2D eigenvalue weighted by Crippen LogP contribution is 2.65. The second-order valence-electron chi connectivity index (χ2n) is 11.0. The molecule has 0 amide bonds. The van der Waals surface area contributed by atoms with E-state index in [1.54, 1.807) is 0 Å². The van der Waals surface area contributed by atoms with Crippen LogP contribution in [0.4, 0.5) is 8.78 Å². The van der Waals surface area contributed by atoms with Gasteiger partial charge in [0.25, 0.3) is 0 Å². The summed E-state index contributed by atoms with van der Waals surface area (Å²) in [6.07, 6.45) is 8.37. The van der Waals surface area contributed by atoms with Crippen molar-refractivity contribution in [3.63, 3.8) is 0 Å². The highest BCUT2D eigenvalue weighted by molar-refractivity contribution is 5.08. The van der Waals surface area contributed by atoms with Gasteiger partial charge in [0, 0.05) is 5.41 Å². The standard InChI is InChI=1S/C23H38F2/c1-14-11-16-13-17(24)7-9-22(16,3)20-8-10-23(4)19(18(20)12-14)6-5-15(2)21(23)25/h14-21H,5-13H2,1-4H3. The Morgan fingerprint density at radius 2 is 1.44 bits per heavy atom. The molecule has 0 radical (unpaired) electrons. The van der Waals surface area contributed by atoms with Crippen molar-refractivity contribution in [1.82, 2.24) is 0 Å². The zero-order chi connectivity index (χ0) is 18.0. The van der Waals surface area contributed by atoms with Gasteiger partial charge in [-0.3, -0.25) is 0 Å². The van der Waals surface area contributed by atoms with Gasteiger partial charge in [-0.1, -0.05) is 27.7 Å². The van der Waals surface area contributed by atoms with E-state index in [-0.39, 0.29) is 11.3 Å². The van der Waals surface area contributed by atoms with Gasteiger partial charge < -0.3 is 0 Å². The lowest BCUT2D eigenvalue weighted by molar-refractivity contribution is -0.130. The molecule has 4 rings (SSSR count). The topological polar surface area (TPSA) is 0 Å². The van der Waals surface area contributed by atoms with E-state index >= 15 is 4.39 Å². The molecule has 25 heavy (non-hydrogen) atoms. The number of hydrogen-bond donors (Lipinski definition) is 0. The molecule has 4 aliphatic carbocycles. The van der Waals surface area contributed by atoms with Crippen LogP contribution in [0.3, 0.4) is 0 Å². The van der Waals surface area contributed by atoms with Gasteiger partial charge >= 0.3 is 0 Å². The zero-order valence-corrected chi connectivity index (χ0v) is 16.7. The SMILES string of the molecule is CC1CC2C(CCC3(C)C(F)C(C)CCC23)C2(C)CCC(F)CC2C1. The number of hydrogen-bond acceptors (Lipinski definition) is 0. The van der Waals surface area contributed by atoms with E-state index in [0.29, 0.717) is 35.0 Å². The van der Waals surface area contributed by atoms with Gasteiger partial charge in [0.1, 0.15) is 12.3 Å². The lowest BCUT2D eigenvalue weighted by atomic mass is 9.46. The quantitative estimate of drug-likeness (QED) is 0.441. The first-order valence-corrected chi connectivity index (χ1v) is 11.0. The summed E-state index contributed by atoms with van der Waals surface area (Å²) >= 11 is 0. The van der Waals surface area contributed by atoms with E-state index in [2.05, 4.69) is 27.7 Å². The molecule has 144 valence electrons. The molecule has 0 heterocycles. The first-order valence-electron chi connectivity index (χ1n) is 11.0. The lowest BCUT2D eigenvalue weighted by Crippen LogP contribution is -2.55. The zero-order valence-electron chi connectivity index (χ0n) is 16.7. The first-order chi connectivity index (χ1) is 11.8. The molecule has 0 aromatic rings. The summed E-state index contributed by atoms with van der Waals surface area (Å²) < 4.78 is 29.5. The third-order valence-electron chi connectivity index (χ3n) is 9.61. The van der Waals surface area contributed by atoms with Crippen molar-refractivity contribution in [3.8, 4) is 0 Å². The second kappa shape index (κ2) is 6.20. The molecule has 10 atom stereocenters. The average Bonchev–Trinajstić information content (AvgIpc) is 2.66. The van der Waals surface area contributed by atoms with Crippen LogP contribution in [0.25, 0.3) is 0 Å². The van der Waals surface area contributed by atoms with Gasteiger partial charge in [-0.15, -0.1) is 0 Å². The monoisotopic (exact) mass is 352 g/mol. The Bertz CT molecular complexity index is 504. The minimum atomic E-state index is -0.629. The van der Waals surface area contributed by atoms with E-state index in [1.165, 1.54) is 25.7 Å². The van der Waals surface area contributed by atoms with E-state index in [0.717, 1.165) is 32.1 Å². The summed E-state index contributed by atoms with van der Waals surface area (Å²) in [5.74, 6) is 3.38. The fourth-order valence-electron chi connectivity index (χ4n) is 8.18. The summed E-state index contributed by atoms with van der Waals surface area (Å²) in [5.41, 5.74) is 0.195. The van der Waals surface area contributed by atoms with Crippen LogP contribution in [-0.4, -0.2) is 12.3 Å². The van der Waals surface area contributed by atoms with Gasteiger partial charge in [0.2, 0.25) is 0 Å². The Morgan fingerprint density at radius 1 is 0.760 bits per heavy atom. The van der Waals surface area contributed by atoms with Gasteiger partial charge in [-0.2, -0.15) is 0 Å². The summed E-state index contributed by atoms with van der Waals surface area (Å²) in [6.45, 7) is 9.26. The highest BCUT2D eigenvalue weighted by Gasteiger charge is 2.59. The van der Waals surface area contributed by atoms with Crippen molar-refractivity contribution in [2.45, 2.75) is 97.8 Å². The van der Waals surface area contributed by atoms with E-state index in [9.17, 15) is 4.39 Å². The molecule has 10 unspecified atom stereocenters. The normalized spacial score (nSPS) is 59.3. The molecule has 4 aliphatic rings. The van der Waals surface area contributed by atoms with Crippen molar-refractivity contribution in [2.24, 2.45) is 46.3 Å². The molecule has 0 nitrogen and oxygen atoms in total. The van der Waals surface area contributed by atoms with Crippen LogP contribution < -0.4 is 0 Å². The predicted octanol–water partition coefficient (Wildman–Crippen LogP) is 6.98. The van der Waals surface area contributed by atoms with Crippen molar-refractivity contribution in [2.75, 3.05) is 0 Å². The number of alkyl halides is 2. The minimum absolute atomic E-state index is 0.105. The molecule has 2 heteroatoms. The van der Waals surface area contributed by atoms with Gasteiger partial charge in [0.05, 0.1) is 0 Å². The second-order valence-corrected chi connectivity index (χ2v) is 11.0. The van der Waals surface area contributed by atoms with Crippen LogP contribution in [0.5, 0.6) is 0 Å². The fourth-order valence-corrected chi connectivity index (χ4v) is 8.18. The van der Waals surface area contributed by atoms with E-state index < -0.39 is 12.3 Å². The largest absolute Gasteiger partial charge is 0.247 e. The summed E-state index contributed by atoms with van der Waals surface area (Å²) in [7, 11) is 0. The molecular weight excluding hydrogens is 314 g/mol. The van der Waals surface area contributed by atoms with Crippen LogP contribution in [-0.2, 0) is 0 Å². The van der Waals surface area contributed by atoms with Gasteiger partial charge in [0.15, 0.2) is 0 Å². The molecule has 0 aromatic heterocycles. The molecule has 0 spiro atoms. The molecule has 4 fully saturated rings. The smallest absolute Gasteiger partial charge is 0.108 e. The van der Waals surface area contributed by atoms with Crippen LogP contribution in [0.1, 0.15) is 85.5 Å². The summed E-state index contributed by atoms with van der Waals surface area (Å²) in [5, 5.41) is 0. The van der Waals surface area contributed by atoms with Crippen molar-refractivity contribution < 1.29 is 8.78 Å². The first kappa shape index (κ1) is 18.2. The summed E-state index contributed by atoms with van der Waals surface area (Å²) in [4.78, 5) is 0. The fraction of sp³-hybridized carbons (Fsp3) is 1.00. The molecular formula is C23H38F2. The van der Waals surface area contributed by atoms with E-state index in [1.807, 2.05) is 0 Å². The Labute approximate surface area is 153 Å². The van der Waals surface area contributed by atoms with E-state index in [4.69, 9.17) is 0 Å². The number of fused-ring (bicyclic) bond motifs is 5. The number of rotatable bonds is 0. The van der Waals surface area contributed by atoms with Gasteiger partial charge in [-0.05, 0) is 98.7 Å². The minimum Gasteiger partial charge on any atom is -0.247 e. The van der Waals surface area contributed by atoms with Crippen LogP contribution >= 0.6 is 0 Å². The Hall–Kier alpha value is -0.140. The maximum atomic E-state index is 15.3. The Kier molecular flexibility index (Phi) is 4.52. The van der Waals surface area contributed by atoms with Crippen molar-refractivity contribution in [3.05, 3.63) is 0 Å². The average molecular weight is 353 g/mol. The molecule has 0 bridgehead atoms. The lowest BCUT2D eigenvalue weighted by Gasteiger charge is -2.59. The van der Waals surface area contributed by atoms with Crippen LogP contribution in [0.15, 0.2) is 0 Å². The highest BCUT2D eigenvalue weighted by atomic mass is 19.1. The third kappa shape index (κ3) is 2.71. The Balaban J connectivity index is 1.68. The molecule has 0 aromatic carbocycles. The predicted molar refractivity (Wildman–Crippen MR) is 99.8 cm³/mol. The maximum Gasteiger partial charge on any atom is 0.108 e. The molecule has 0 aliphatic heterocycles. The number of halogens is 2. The maximum absolute atomic E-state index is 15.3. The van der Waals surface area contributed by atoms with Crippen LogP contribution in [0.2, 0.25) is 0 Å². The van der Waals surface area contributed by atoms with Crippen molar-refractivity contribution in [1.29, 1.82) is 0 Å². The molecule has 0 N–H and O–H groups in total. The summed E-state index contributed by atoms with van der Waals surface area (Å²) in [6, 6.07) is 0. The van der Waals surface area contributed by atoms with Gasteiger partial charge in [-0.25, -0.2) is 8.78 Å². The van der Waals surface area contributed by atoms with Crippen LogP contribution in [0, 0.1) is 46.3 Å². The molecule has 0 saturated heterocycles. The van der Waals surface area contributed by atoms with Crippen molar-refractivity contribution >= 4 is 0 Å². The third-order valence-corrected chi connectivity index (χ3v) is 9.61. The Morgan fingerprint density at radius 3 is 2.20 bits per heavy atom.